The van der Waals surface area contributed by atoms with E-state index in [-0.39, 0.29) is 19.1 Å². The van der Waals surface area contributed by atoms with Crippen LogP contribution >= 0.6 is 0 Å². The predicted octanol–water partition coefficient (Wildman–Crippen LogP) is 3.89. The van der Waals surface area contributed by atoms with E-state index in [1.807, 2.05) is 30.3 Å². The monoisotopic (exact) mass is 510 g/mol. The van der Waals surface area contributed by atoms with Gasteiger partial charge in [0.15, 0.2) is 5.69 Å². The number of benzene rings is 2. The zero-order valence-corrected chi connectivity index (χ0v) is 19.8. The van der Waals surface area contributed by atoms with Gasteiger partial charge in [-0.2, -0.15) is 23.5 Å². The summed E-state index contributed by atoms with van der Waals surface area (Å²) in [7, 11) is 0. The molecule has 1 aliphatic rings. The van der Waals surface area contributed by atoms with Gasteiger partial charge >= 0.3 is 12.2 Å². The lowest BCUT2D eigenvalue weighted by atomic mass is 9.74. The van der Waals surface area contributed by atoms with E-state index in [0.29, 0.717) is 31.6 Å². The first kappa shape index (κ1) is 25.8. The number of rotatable bonds is 6. The average molecular weight is 511 g/mol. The molecule has 0 radical (unpaired) electrons. The Bertz CT molecular complexity index is 1280. The molecular weight excluding hydrogens is 485 g/mol. The van der Waals surface area contributed by atoms with E-state index in [0.717, 1.165) is 16.4 Å². The number of hydrogen-bond donors (Lipinski definition) is 2. The van der Waals surface area contributed by atoms with Gasteiger partial charge in [0.2, 0.25) is 0 Å². The minimum absolute atomic E-state index is 0.0251. The smallest absolute Gasteiger partial charge is 0.350 e. The van der Waals surface area contributed by atoms with Crippen molar-refractivity contribution in [1.29, 1.82) is 5.26 Å². The Labute approximate surface area is 211 Å². The Morgan fingerprint density at radius 3 is 2.16 bits per heavy atom. The second-order valence-electron chi connectivity index (χ2n) is 8.70. The summed E-state index contributed by atoms with van der Waals surface area (Å²) in [5, 5.41) is 18.4. The van der Waals surface area contributed by atoms with Crippen LogP contribution in [-0.4, -0.2) is 52.8 Å². The molecule has 1 saturated heterocycles. The fourth-order valence-electron chi connectivity index (χ4n) is 4.33. The van der Waals surface area contributed by atoms with Crippen LogP contribution in [0.2, 0.25) is 0 Å². The average Bonchev–Trinajstić information content (AvgIpc) is 3.39. The Morgan fingerprint density at radius 2 is 1.57 bits per heavy atom. The molecule has 8 nitrogen and oxygen atoms in total. The Morgan fingerprint density at radius 1 is 0.973 bits per heavy atom. The SMILES string of the molecule is N#CC1(c2ccccc2)CCN(C(=O)NCCNC(=O)c2cn(-c3ccccc3)nc2C(F)(F)F)CC1. The van der Waals surface area contributed by atoms with Gasteiger partial charge in [0.25, 0.3) is 5.91 Å². The molecule has 4 rings (SSSR count). The van der Waals surface area contributed by atoms with Crippen molar-refractivity contribution in [3.05, 3.63) is 83.7 Å². The number of carbonyl (C=O) groups excluding carboxylic acids is 2. The highest BCUT2D eigenvalue weighted by Gasteiger charge is 2.40. The van der Waals surface area contributed by atoms with Gasteiger partial charge in [-0.1, -0.05) is 48.5 Å². The van der Waals surface area contributed by atoms with Gasteiger partial charge in [-0.05, 0) is 30.5 Å². The molecule has 0 bridgehead atoms. The summed E-state index contributed by atoms with van der Waals surface area (Å²) in [6.45, 7) is 0.720. The molecule has 37 heavy (non-hydrogen) atoms. The third-order valence-electron chi connectivity index (χ3n) is 6.38. The quantitative estimate of drug-likeness (QED) is 0.491. The second kappa shape index (κ2) is 10.7. The molecule has 0 spiro atoms. The van der Waals surface area contributed by atoms with Gasteiger partial charge in [0.1, 0.15) is 0 Å². The van der Waals surface area contributed by atoms with Gasteiger partial charge in [-0.25, -0.2) is 9.48 Å². The molecular formula is C26H25F3N6O2. The van der Waals surface area contributed by atoms with Crippen LogP contribution in [0, 0.1) is 11.3 Å². The number of halogens is 3. The third kappa shape index (κ3) is 5.74. The van der Waals surface area contributed by atoms with Crippen LogP contribution in [0.25, 0.3) is 5.69 Å². The number of piperidine rings is 1. The maximum Gasteiger partial charge on any atom is 0.435 e. The van der Waals surface area contributed by atoms with Crippen LogP contribution < -0.4 is 10.6 Å². The van der Waals surface area contributed by atoms with E-state index >= 15 is 0 Å². The number of hydrogen-bond acceptors (Lipinski definition) is 4. The van der Waals surface area contributed by atoms with Crippen molar-refractivity contribution in [2.45, 2.75) is 24.4 Å². The predicted molar refractivity (Wildman–Crippen MR) is 129 cm³/mol. The van der Waals surface area contributed by atoms with Gasteiger partial charge < -0.3 is 15.5 Å². The number of nitrogens with one attached hydrogen (secondary N) is 2. The third-order valence-corrected chi connectivity index (χ3v) is 6.38. The standard InChI is InChI=1S/C26H25F3N6O2/c27-26(28,29)22-21(17-35(33-22)20-9-5-2-6-10-20)23(36)31-13-14-32-24(37)34-15-11-25(18-30,12-16-34)19-7-3-1-4-8-19/h1-10,17H,11-16H2,(H,31,36)(H,32,37). The number of carbonyl (C=O) groups is 2. The first-order valence-corrected chi connectivity index (χ1v) is 11.7. The van der Waals surface area contributed by atoms with Crippen LogP contribution in [0.5, 0.6) is 0 Å². The molecule has 1 aliphatic heterocycles. The topological polar surface area (TPSA) is 103 Å². The number of amides is 3. The van der Waals surface area contributed by atoms with E-state index in [2.05, 4.69) is 21.8 Å². The molecule has 11 heteroatoms. The first-order valence-electron chi connectivity index (χ1n) is 11.7. The zero-order chi connectivity index (χ0) is 26.5. The molecule has 2 N–H and O–H groups in total. The van der Waals surface area contributed by atoms with Crippen molar-refractivity contribution in [2.75, 3.05) is 26.2 Å². The summed E-state index contributed by atoms with van der Waals surface area (Å²) in [6, 6.07) is 19.7. The zero-order valence-electron chi connectivity index (χ0n) is 19.8. The molecule has 0 unspecified atom stereocenters. The molecule has 3 aromatic rings. The number of aromatic nitrogens is 2. The Hall–Kier alpha value is -4.33. The molecule has 1 fully saturated rings. The van der Waals surface area contributed by atoms with E-state index < -0.39 is 28.8 Å². The molecule has 1 aromatic heterocycles. The highest BCUT2D eigenvalue weighted by Crippen LogP contribution is 2.35. The number of para-hydroxylation sites is 1. The first-order chi connectivity index (χ1) is 17.7. The highest BCUT2D eigenvalue weighted by atomic mass is 19.4. The van der Waals surface area contributed by atoms with E-state index in [1.165, 1.54) is 0 Å². The minimum Gasteiger partial charge on any atom is -0.350 e. The number of likely N-dealkylation sites (tertiary alicyclic amines) is 1. The highest BCUT2D eigenvalue weighted by molar-refractivity contribution is 5.95. The van der Waals surface area contributed by atoms with Gasteiger partial charge in [-0.15, -0.1) is 0 Å². The van der Waals surface area contributed by atoms with Crippen molar-refractivity contribution >= 4 is 11.9 Å². The molecule has 2 heterocycles. The van der Waals surface area contributed by atoms with Crippen molar-refractivity contribution < 1.29 is 22.8 Å². The summed E-state index contributed by atoms with van der Waals surface area (Å²) < 4.78 is 41.5. The lowest BCUT2D eigenvalue weighted by molar-refractivity contribution is -0.141. The van der Waals surface area contributed by atoms with Crippen LogP contribution in [-0.2, 0) is 11.6 Å². The second-order valence-corrected chi connectivity index (χ2v) is 8.70. The molecule has 0 aliphatic carbocycles. The van der Waals surface area contributed by atoms with Crippen LogP contribution in [0.3, 0.4) is 0 Å². The maximum atomic E-state index is 13.5. The summed E-state index contributed by atoms with van der Waals surface area (Å²) in [5.41, 5.74) is -1.23. The van der Waals surface area contributed by atoms with Crippen molar-refractivity contribution in [3.8, 4) is 11.8 Å². The van der Waals surface area contributed by atoms with Crippen LogP contribution in [0.4, 0.5) is 18.0 Å². The summed E-state index contributed by atoms with van der Waals surface area (Å²) in [4.78, 5) is 26.7. The van der Waals surface area contributed by atoms with Crippen molar-refractivity contribution in [2.24, 2.45) is 0 Å². The summed E-state index contributed by atoms with van der Waals surface area (Å²) in [5.74, 6) is -0.941. The molecule has 3 amide bonds. The summed E-state index contributed by atoms with van der Waals surface area (Å²) >= 11 is 0. The van der Waals surface area contributed by atoms with Crippen molar-refractivity contribution in [1.82, 2.24) is 25.3 Å². The van der Waals surface area contributed by atoms with Gasteiger partial charge in [0, 0.05) is 32.4 Å². The molecule has 2 aromatic carbocycles. The molecule has 0 saturated carbocycles. The Balaban J connectivity index is 1.30. The largest absolute Gasteiger partial charge is 0.435 e. The molecule has 192 valence electrons. The molecule has 0 atom stereocenters. The maximum absolute atomic E-state index is 13.5. The Kier molecular flexibility index (Phi) is 7.47. The van der Waals surface area contributed by atoms with Gasteiger partial charge in [0.05, 0.1) is 22.7 Å². The van der Waals surface area contributed by atoms with E-state index in [4.69, 9.17) is 0 Å². The summed E-state index contributed by atoms with van der Waals surface area (Å²) in [6.07, 6.45) is -2.80. The number of nitrogens with zero attached hydrogens (tertiary/aromatic N) is 4. The fourth-order valence-corrected chi connectivity index (χ4v) is 4.33. The van der Waals surface area contributed by atoms with Gasteiger partial charge in [-0.3, -0.25) is 4.79 Å². The number of nitriles is 1. The van der Waals surface area contributed by atoms with Crippen LogP contribution in [0.15, 0.2) is 66.9 Å². The lowest BCUT2D eigenvalue weighted by Crippen LogP contribution is -2.49. The normalized spacial score (nSPS) is 15.0. The lowest BCUT2D eigenvalue weighted by Gasteiger charge is -2.37. The van der Waals surface area contributed by atoms with E-state index in [9.17, 15) is 28.0 Å². The number of urea groups is 1. The fraction of sp³-hybridized carbons (Fsp3) is 0.308. The van der Waals surface area contributed by atoms with Crippen molar-refractivity contribution in [3.63, 3.8) is 0 Å². The number of alkyl halides is 3. The van der Waals surface area contributed by atoms with E-state index in [1.54, 1.807) is 35.2 Å². The van der Waals surface area contributed by atoms with Crippen LogP contribution in [0.1, 0.15) is 34.5 Å². The minimum atomic E-state index is -4.81.